The second-order valence-corrected chi connectivity index (χ2v) is 7.76. The van der Waals surface area contributed by atoms with Gasteiger partial charge in [0.25, 0.3) is 5.91 Å². The fourth-order valence-corrected chi connectivity index (χ4v) is 3.89. The summed E-state index contributed by atoms with van der Waals surface area (Å²) in [5.74, 6) is 0.482. The Kier molecular flexibility index (Phi) is 6.99. The average molecular weight is 423 g/mol. The number of anilines is 1. The zero-order valence-corrected chi connectivity index (χ0v) is 17.2. The molecule has 0 bridgehead atoms. The molecule has 2 aromatic rings. The Balaban J connectivity index is 1.52. The van der Waals surface area contributed by atoms with E-state index in [9.17, 15) is 18.0 Å². The number of piperazine rings is 1. The Morgan fingerprint density at radius 3 is 2.40 bits per heavy atom. The van der Waals surface area contributed by atoms with Crippen LogP contribution in [0.15, 0.2) is 42.5 Å². The number of rotatable bonds is 6. The van der Waals surface area contributed by atoms with Crippen LogP contribution >= 0.6 is 0 Å². The van der Waals surface area contributed by atoms with Crippen LogP contribution in [-0.2, 0) is 17.5 Å². The monoisotopic (exact) mass is 423 g/mol. The van der Waals surface area contributed by atoms with Gasteiger partial charge in [-0.1, -0.05) is 23.8 Å². The first kappa shape index (κ1) is 22.1. The minimum atomic E-state index is -4.50. The number of ether oxygens (including phenoxy) is 1. The summed E-state index contributed by atoms with van der Waals surface area (Å²) in [5, 5.41) is 2.43. The molecule has 0 radical (unpaired) electrons. The summed E-state index contributed by atoms with van der Waals surface area (Å²) in [5.41, 5.74) is 1.34. The van der Waals surface area contributed by atoms with Crippen molar-refractivity contribution in [3.05, 3.63) is 59.2 Å². The van der Waals surface area contributed by atoms with Gasteiger partial charge in [0, 0.05) is 5.56 Å². The lowest BCUT2D eigenvalue weighted by atomic mass is 10.1. The number of benzene rings is 2. The van der Waals surface area contributed by atoms with E-state index in [0.29, 0.717) is 0 Å². The molecule has 0 spiro atoms. The van der Waals surface area contributed by atoms with E-state index in [4.69, 9.17) is 4.74 Å². The molecule has 1 aliphatic rings. The molecule has 0 unspecified atom stereocenters. The molecule has 1 fully saturated rings. The van der Waals surface area contributed by atoms with Crippen molar-refractivity contribution in [3.8, 4) is 5.75 Å². The van der Waals surface area contributed by atoms with E-state index in [0.717, 1.165) is 55.0 Å². The van der Waals surface area contributed by atoms with E-state index < -0.39 is 17.6 Å². The van der Waals surface area contributed by atoms with E-state index in [1.54, 1.807) is 7.11 Å². The van der Waals surface area contributed by atoms with Crippen molar-refractivity contribution in [2.75, 3.05) is 45.2 Å². The largest absolute Gasteiger partial charge is 0.496 e. The molecule has 1 amide bonds. The van der Waals surface area contributed by atoms with Crippen molar-refractivity contribution in [3.63, 3.8) is 0 Å². The number of amides is 1. The van der Waals surface area contributed by atoms with Gasteiger partial charge < -0.3 is 19.9 Å². The van der Waals surface area contributed by atoms with Crippen molar-refractivity contribution in [1.82, 2.24) is 0 Å². The molecule has 30 heavy (non-hydrogen) atoms. The van der Waals surface area contributed by atoms with Gasteiger partial charge >= 0.3 is 6.18 Å². The summed E-state index contributed by atoms with van der Waals surface area (Å²) in [7, 11) is 1.67. The summed E-state index contributed by atoms with van der Waals surface area (Å²) in [6.45, 7) is 6.42. The molecule has 0 aromatic heterocycles. The molecule has 1 saturated heterocycles. The van der Waals surface area contributed by atoms with Gasteiger partial charge in [-0.2, -0.15) is 13.2 Å². The first-order valence-electron chi connectivity index (χ1n) is 10.0. The van der Waals surface area contributed by atoms with Crippen LogP contribution in [0, 0.1) is 6.92 Å². The molecule has 162 valence electrons. The maximum Gasteiger partial charge on any atom is 0.418 e. The number of para-hydroxylation sites is 1. The average Bonchev–Trinajstić information content (AvgIpc) is 2.69. The molecule has 5 nitrogen and oxygen atoms in total. The molecule has 3 rings (SSSR count). The van der Waals surface area contributed by atoms with Gasteiger partial charge in [0.2, 0.25) is 0 Å². The summed E-state index contributed by atoms with van der Waals surface area (Å²) in [6, 6.07) is 11.2. The van der Waals surface area contributed by atoms with Crippen LogP contribution in [0.1, 0.15) is 16.7 Å². The minimum Gasteiger partial charge on any atom is -0.496 e. The summed E-state index contributed by atoms with van der Waals surface area (Å²) < 4.78 is 44.7. The number of hydrogen-bond acceptors (Lipinski definition) is 2. The van der Waals surface area contributed by atoms with E-state index in [2.05, 4.69) is 18.3 Å². The second kappa shape index (κ2) is 9.49. The fraction of sp³-hybridized carbons (Fsp3) is 0.409. The van der Waals surface area contributed by atoms with E-state index in [1.165, 1.54) is 28.7 Å². The highest BCUT2D eigenvalue weighted by Crippen LogP contribution is 2.34. The van der Waals surface area contributed by atoms with Crippen LogP contribution in [0.4, 0.5) is 18.9 Å². The van der Waals surface area contributed by atoms with Gasteiger partial charge in [-0.05, 0) is 31.2 Å². The highest BCUT2D eigenvalue weighted by molar-refractivity contribution is 5.92. The number of aryl methyl sites for hydroxylation is 1. The quantitative estimate of drug-likeness (QED) is 0.648. The Morgan fingerprint density at radius 2 is 1.73 bits per heavy atom. The van der Waals surface area contributed by atoms with E-state index in [-0.39, 0.29) is 12.2 Å². The van der Waals surface area contributed by atoms with Gasteiger partial charge in [0.15, 0.2) is 6.54 Å². The van der Waals surface area contributed by atoms with Crippen molar-refractivity contribution in [2.24, 2.45) is 0 Å². The third kappa shape index (κ3) is 5.73. The summed E-state index contributed by atoms with van der Waals surface area (Å²) in [6.07, 6.45) is -4.50. The SMILES string of the molecule is COc1ccc(C)cc1C[NH+]1CC[NH+](CC(=O)Nc2ccccc2C(F)(F)F)CC1. The minimum absolute atomic E-state index is 0.160. The topological polar surface area (TPSA) is 47.2 Å². The molecule has 1 aliphatic heterocycles. The lowest BCUT2D eigenvalue weighted by molar-refractivity contribution is -1.02. The molecule has 1 heterocycles. The normalized spacial score (nSPS) is 19.4. The van der Waals surface area contributed by atoms with Crippen LogP contribution in [0.2, 0.25) is 0 Å². The number of carbonyl (C=O) groups excluding carboxylic acids is 1. The number of carbonyl (C=O) groups is 1. The number of alkyl halides is 3. The first-order chi connectivity index (χ1) is 14.3. The van der Waals surface area contributed by atoms with Crippen LogP contribution in [-0.4, -0.2) is 45.7 Å². The zero-order valence-electron chi connectivity index (χ0n) is 17.2. The zero-order chi connectivity index (χ0) is 21.7. The third-order valence-electron chi connectivity index (χ3n) is 5.46. The predicted molar refractivity (Wildman–Crippen MR) is 108 cm³/mol. The number of quaternary nitrogens is 2. The maximum atomic E-state index is 13.1. The lowest BCUT2D eigenvalue weighted by Crippen LogP contribution is -3.28. The van der Waals surface area contributed by atoms with Crippen LogP contribution < -0.4 is 19.9 Å². The van der Waals surface area contributed by atoms with E-state index in [1.807, 2.05) is 12.1 Å². The number of halogens is 3. The molecule has 0 aliphatic carbocycles. The molecule has 8 heteroatoms. The predicted octanol–water partition coefficient (Wildman–Crippen LogP) is 0.945. The first-order valence-corrected chi connectivity index (χ1v) is 10.0. The summed E-state index contributed by atoms with van der Waals surface area (Å²) in [4.78, 5) is 14.8. The fourth-order valence-electron chi connectivity index (χ4n) is 3.89. The highest BCUT2D eigenvalue weighted by Gasteiger charge is 2.34. The lowest BCUT2D eigenvalue weighted by Gasteiger charge is -2.29. The van der Waals surface area contributed by atoms with Crippen LogP contribution in [0.3, 0.4) is 0 Å². The maximum absolute atomic E-state index is 13.1. The van der Waals surface area contributed by atoms with Gasteiger partial charge in [0.1, 0.15) is 38.5 Å². The highest BCUT2D eigenvalue weighted by atomic mass is 19.4. The smallest absolute Gasteiger partial charge is 0.418 e. The molecular weight excluding hydrogens is 395 g/mol. The van der Waals surface area contributed by atoms with Gasteiger partial charge in [-0.15, -0.1) is 0 Å². The third-order valence-corrected chi connectivity index (χ3v) is 5.46. The van der Waals surface area contributed by atoms with Gasteiger partial charge in [0.05, 0.1) is 18.4 Å². The number of methoxy groups -OCH3 is 1. The molecule has 0 saturated carbocycles. The second-order valence-electron chi connectivity index (χ2n) is 7.76. The standard InChI is InChI=1S/C22H26F3N3O2/c1-16-7-8-20(30-2)17(13-16)14-27-9-11-28(12-10-27)15-21(29)26-19-6-4-3-5-18(19)22(23,24)25/h3-8,13H,9-12,14-15H2,1-2H3,(H,26,29)/p+2. The van der Waals surface area contributed by atoms with Crippen LogP contribution in [0.25, 0.3) is 0 Å². The molecule has 2 aromatic carbocycles. The van der Waals surface area contributed by atoms with Gasteiger partial charge in [-0.25, -0.2) is 0 Å². The van der Waals surface area contributed by atoms with E-state index >= 15 is 0 Å². The summed E-state index contributed by atoms with van der Waals surface area (Å²) >= 11 is 0. The Hall–Kier alpha value is -2.58. The van der Waals surface area contributed by atoms with Crippen molar-refractivity contribution < 1.29 is 32.5 Å². The molecular formula is C22H28F3N3O2+2. The number of nitrogens with one attached hydrogen (secondary N) is 3. The molecule has 3 N–H and O–H groups in total. The van der Waals surface area contributed by atoms with Crippen LogP contribution in [0.5, 0.6) is 5.75 Å². The number of hydrogen-bond donors (Lipinski definition) is 3. The molecule has 0 atom stereocenters. The Bertz CT molecular complexity index is 878. The van der Waals surface area contributed by atoms with Gasteiger partial charge in [-0.3, -0.25) is 4.79 Å². The van der Waals surface area contributed by atoms with Crippen molar-refractivity contribution in [1.29, 1.82) is 0 Å². The van der Waals surface area contributed by atoms with Crippen molar-refractivity contribution in [2.45, 2.75) is 19.6 Å². The Morgan fingerprint density at radius 1 is 1.07 bits per heavy atom. The van der Waals surface area contributed by atoms with Crippen molar-refractivity contribution >= 4 is 11.6 Å². The Labute approximate surface area is 174 Å².